The lowest BCUT2D eigenvalue weighted by molar-refractivity contribution is -0.122. The normalized spacial score (nSPS) is 17.0. The van der Waals surface area contributed by atoms with Crippen molar-refractivity contribution in [2.75, 3.05) is 5.32 Å². The Hall–Kier alpha value is -2.21. The highest BCUT2D eigenvalue weighted by Gasteiger charge is 2.35. The van der Waals surface area contributed by atoms with Crippen LogP contribution in [0, 0.1) is 12.7 Å². The van der Waals surface area contributed by atoms with Crippen molar-refractivity contribution in [2.24, 2.45) is 5.73 Å². The second kappa shape index (κ2) is 6.12. The van der Waals surface area contributed by atoms with Crippen molar-refractivity contribution in [1.82, 2.24) is 9.78 Å². The molecular formula is C17H21FN4O. The average molecular weight is 316 g/mol. The van der Waals surface area contributed by atoms with E-state index in [0.717, 1.165) is 24.8 Å². The number of rotatable bonds is 3. The van der Waals surface area contributed by atoms with E-state index in [2.05, 4.69) is 10.4 Å². The van der Waals surface area contributed by atoms with E-state index in [1.807, 2.05) is 6.92 Å². The molecular weight excluding hydrogens is 295 g/mol. The molecule has 1 fully saturated rings. The third kappa shape index (κ3) is 3.27. The first-order valence-electron chi connectivity index (χ1n) is 7.89. The number of aromatic nitrogens is 2. The summed E-state index contributed by atoms with van der Waals surface area (Å²) < 4.78 is 15.8. The summed E-state index contributed by atoms with van der Waals surface area (Å²) in [5.41, 5.74) is 7.06. The summed E-state index contributed by atoms with van der Waals surface area (Å²) in [5, 5.41) is 6.83. The number of anilines is 1. The Labute approximate surface area is 134 Å². The van der Waals surface area contributed by atoms with E-state index >= 15 is 0 Å². The van der Waals surface area contributed by atoms with Crippen molar-refractivity contribution in [2.45, 2.75) is 44.6 Å². The molecule has 1 aromatic carbocycles. The summed E-state index contributed by atoms with van der Waals surface area (Å²) in [6, 6.07) is 4.57. The Morgan fingerprint density at radius 2 is 2.09 bits per heavy atom. The van der Waals surface area contributed by atoms with Crippen LogP contribution in [-0.2, 0) is 4.79 Å². The molecule has 1 aliphatic rings. The average Bonchev–Trinajstić information content (AvgIpc) is 2.94. The molecule has 0 radical (unpaired) electrons. The molecule has 5 nitrogen and oxygen atoms in total. The van der Waals surface area contributed by atoms with Crippen LogP contribution in [-0.4, -0.2) is 21.2 Å². The quantitative estimate of drug-likeness (QED) is 0.914. The Bertz CT molecular complexity index is 719. The topological polar surface area (TPSA) is 72.9 Å². The van der Waals surface area contributed by atoms with Gasteiger partial charge in [0.25, 0.3) is 0 Å². The third-order valence-electron chi connectivity index (χ3n) is 4.36. The number of nitrogens with two attached hydrogens (primary N) is 1. The number of carbonyl (C=O) groups excluding carboxylic acids is 1. The van der Waals surface area contributed by atoms with E-state index < -0.39 is 11.4 Å². The van der Waals surface area contributed by atoms with Crippen LogP contribution in [0.2, 0.25) is 0 Å². The number of amides is 1. The number of hydrogen-bond acceptors (Lipinski definition) is 3. The van der Waals surface area contributed by atoms with Crippen LogP contribution >= 0.6 is 0 Å². The zero-order chi connectivity index (χ0) is 16.4. The number of benzene rings is 1. The maximum atomic E-state index is 14.3. The fourth-order valence-corrected chi connectivity index (χ4v) is 2.98. The molecule has 0 spiro atoms. The van der Waals surface area contributed by atoms with Gasteiger partial charge in [0.15, 0.2) is 5.82 Å². The molecule has 122 valence electrons. The lowest BCUT2D eigenvalue weighted by atomic mass is 9.82. The van der Waals surface area contributed by atoms with Crippen LogP contribution < -0.4 is 11.1 Å². The maximum absolute atomic E-state index is 14.3. The summed E-state index contributed by atoms with van der Waals surface area (Å²) in [4.78, 5) is 12.4. The van der Waals surface area contributed by atoms with Crippen molar-refractivity contribution in [1.29, 1.82) is 0 Å². The SMILES string of the molecule is Cc1cnn(-c2ccc(NC(=O)C3(N)CCCCC3)cc2F)c1. The van der Waals surface area contributed by atoms with Crippen LogP contribution in [0.1, 0.15) is 37.7 Å². The fourth-order valence-electron chi connectivity index (χ4n) is 2.98. The van der Waals surface area contributed by atoms with Crippen LogP contribution in [0.15, 0.2) is 30.6 Å². The van der Waals surface area contributed by atoms with Crippen LogP contribution in [0.25, 0.3) is 5.69 Å². The highest BCUT2D eigenvalue weighted by Crippen LogP contribution is 2.27. The Morgan fingerprint density at radius 1 is 1.35 bits per heavy atom. The zero-order valence-electron chi connectivity index (χ0n) is 13.2. The van der Waals surface area contributed by atoms with Gasteiger partial charge in [-0.2, -0.15) is 5.10 Å². The van der Waals surface area contributed by atoms with Gasteiger partial charge in [0.1, 0.15) is 5.69 Å². The van der Waals surface area contributed by atoms with Gasteiger partial charge in [-0.15, -0.1) is 0 Å². The highest BCUT2D eigenvalue weighted by molar-refractivity contribution is 5.98. The molecule has 1 aromatic heterocycles. The number of nitrogens with one attached hydrogen (secondary N) is 1. The zero-order valence-corrected chi connectivity index (χ0v) is 13.2. The molecule has 3 rings (SSSR count). The smallest absolute Gasteiger partial charge is 0.244 e. The molecule has 0 atom stereocenters. The first-order valence-corrected chi connectivity index (χ1v) is 7.89. The minimum atomic E-state index is -0.841. The van der Waals surface area contributed by atoms with Crippen LogP contribution in [0.3, 0.4) is 0 Å². The number of nitrogens with zero attached hydrogens (tertiary/aromatic N) is 2. The molecule has 0 aliphatic heterocycles. The van der Waals surface area contributed by atoms with E-state index in [4.69, 9.17) is 5.73 Å². The number of hydrogen-bond donors (Lipinski definition) is 2. The summed E-state index contributed by atoms with van der Waals surface area (Å²) in [5.74, 6) is -0.681. The van der Waals surface area contributed by atoms with E-state index in [-0.39, 0.29) is 5.91 Å². The van der Waals surface area contributed by atoms with Gasteiger partial charge in [-0.1, -0.05) is 19.3 Å². The van der Waals surface area contributed by atoms with Crippen LogP contribution in [0.4, 0.5) is 10.1 Å². The third-order valence-corrected chi connectivity index (χ3v) is 4.36. The Kier molecular flexibility index (Phi) is 4.17. The molecule has 23 heavy (non-hydrogen) atoms. The van der Waals surface area contributed by atoms with Gasteiger partial charge < -0.3 is 11.1 Å². The second-order valence-electron chi connectivity index (χ2n) is 6.30. The Balaban J connectivity index is 1.76. The molecule has 2 aromatic rings. The summed E-state index contributed by atoms with van der Waals surface area (Å²) in [6.45, 7) is 1.89. The highest BCUT2D eigenvalue weighted by atomic mass is 19.1. The predicted octanol–water partition coefficient (Wildman–Crippen LogP) is 2.92. The molecule has 0 unspecified atom stereocenters. The lowest BCUT2D eigenvalue weighted by Crippen LogP contribution is -2.52. The Morgan fingerprint density at radius 3 is 2.70 bits per heavy atom. The largest absolute Gasteiger partial charge is 0.324 e. The fraction of sp³-hybridized carbons (Fsp3) is 0.412. The van der Waals surface area contributed by atoms with E-state index in [9.17, 15) is 9.18 Å². The first kappa shape index (κ1) is 15.7. The molecule has 1 saturated carbocycles. The van der Waals surface area contributed by atoms with Gasteiger partial charge in [-0.05, 0) is 43.5 Å². The van der Waals surface area contributed by atoms with Gasteiger partial charge in [-0.3, -0.25) is 4.79 Å². The summed E-state index contributed by atoms with van der Waals surface area (Å²) >= 11 is 0. The van der Waals surface area contributed by atoms with Gasteiger partial charge in [-0.25, -0.2) is 9.07 Å². The van der Waals surface area contributed by atoms with Gasteiger partial charge >= 0.3 is 0 Å². The van der Waals surface area contributed by atoms with Gasteiger partial charge in [0.05, 0.1) is 11.7 Å². The van der Waals surface area contributed by atoms with E-state index in [0.29, 0.717) is 24.2 Å². The van der Waals surface area contributed by atoms with E-state index in [1.165, 1.54) is 10.7 Å². The number of halogens is 1. The van der Waals surface area contributed by atoms with Crippen molar-refractivity contribution >= 4 is 11.6 Å². The van der Waals surface area contributed by atoms with Crippen molar-refractivity contribution in [3.63, 3.8) is 0 Å². The predicted molar refractivity (Wildman–Crippen MR) is 86.9 cm³/mol. The minimum Gasteiger partial charge on any atom is -0.324 e. The monoisotopic (exact) mass is 316 g/mol. The van der Waals surface area contributed by atoms with Crippen molar-refractivity contribution < 1.29 is 9.18 Å². The van der Waals surface area contributed by atoms with Crippen molar-refractivity contribution in [3.05, 3.63) is 42.0 Å². The maximum Gasteiger partial charge on any atom is 0.244 e. The molecule has 1 aliphatic carbocycles. The molecule has 1 heterocycles. The number of carbonyl (C=O) groups is 1. The number of aryl methyl sites for hydroxylation is 1. The molecule has 0 bridgehead atoms. The van der Waals surface area contributed by atoms with Gasteiger partial charge in [0, 0.05) is 11.9 Å². The second-order valence-corrected chi connectivity index (χ2v) is 6.30. The first-order chi connectivity index (χ1) is 11.0. The van der Waals surface area contributed by atoms with Crippen LogP contribution in [0.5, 0.6) is 0 Å². The molecule has 0 saturated heterocycles. The lowest BCUT2D eigenvalue weighted by Gasteiger charge is -2.31. The van der Waals surface area contributed by atoms with Gasteiger partial charge in [0.2, 0.25) is 5.91 Å². The summed E-state index contributed by atoms with van der Waals surface area (Å²) in [6.07, 6.45) is 7.77. The van der Waals surface area contributed by atoms with E-state index in [1.54, 1.807) is 24.5 Å². The standard InChI is InChI=1S/C17H21FN4O/c1-12-10-20-22(11-12)15-6-5-13(9-14(15)18)21-16(23)17(19)7-3-2-4-8-17/h5-6,9-11H,2-4,7-8,19H2,1H3,(H,21,23). The minimum absolute atomic E-state index is 0.237. The molecule has 6 heteroatoms. The van der Waals surface area contributed by atoms with Crippen molar-refractivity contribution in [3.8, 4) is 5.69 Å². The summed E-state index contributed by atoms with van der Waals surface area (Å²) in [7, 11) is 0. The molecule has 1 amide bonds. The molecule has 3 N–H and O–H groups in total.